The summed E-state index contributed by atoms with van der Waals surface area (Å²) in [5, 5.41) is 0. The summed E-state index contributed by atoms with van der Waals surface area (Å²) in [4.78, 5) is 28.2. The Morgan fingerprint density at radius 1 is 1.04 bits per heavy atom. The Morgan fingerprint density at radius 3 is 2.30 bits per heavy atom. The molecule has 0 unspecified atom stereocenters. The van der Waals surface area contributed by atoms with Crippen molar-refractivity contribution in [3.8, 4) is 0 Å². The predicted molar refractivity (Wildman–Crippen MR) is 107 cm³/mol. The molecule has 0 atom stereocenters. The fourth-order valence-electron chi connectivity index (χ4n) is 3.17. The molecule has 3 rings (SSSR count). The lowest BCUT2D eigenvalue weighted by molar-refractivity contribution is -0.120. The molecular formula is C22H27N3O2. The molecule has 142 valence electrons. The molecule has 1 aliphatic carbocycles. The number of benzene rings is 2. The van der Waals surface area contributed by atoms with Gasteiger partial charge in [-0.25, -0.2) is 0 Å². The lowest BCUT2D eigenvalue weighted by atomic mass is 10.1. The quantitative estimate of drug-likeness (QED) is 0.743. The number of carbonyl (C=O) groups is 2. The molecule has 0 saturated heterocycles. The first-order chi connectivity index (χ1) is 13.0. The average Bonchev–Trinajstić information content (AvgIpc) is 3.49. The highest BCUT2D eigenvalue weighted by atomic mass is 16.2. The van der Waals surface area contributed by atoms with E-state index in [1.54, 1.807) is 4.90 Å². The minimum Gasteiger partial charge on any atom is -0.370 e. The van der Waals surface area contributed by atoms with Crippen LogP contribution in [-0.2, 0) is 16.1 Å². The number of para-hydroxylation sites is 1. The third kappa shape index (κ3) is 5.66. The van der Waals surface area contributed by atoms with Crippen LogP contribution >= 0.6 is 0 Å². The van der Waals surface area contributed by atoms with Gasteiger partial charge in [-0.1, -0.05) is 48.0 Å². The third-order valence-electron chi connectivity index (χ3n) is 4.86. The number of nitrogens with two attached hydrogens (primary N) is 1. The molecular weight excluding hydrogens is 338 g/mol. The van der Waals surface area contributed by atoms with Gasteiger partial charge in [0.25, 0.3) is 0 Å². The van der Waals surface area contributed by atoms with Crippen molar-refractivity contribution in [3.63, 3.8) is 0 Å². The van der Waals surface area contributed by atoms with Crippen molar-refractivity contribution in [1.29, 1.82) is 0 Å². The molecule has 0 bridgehead atoms. The molecule has 2 aromatic carbocycles. The molecule has 2 amide bonds. The number of carbonyl (C=O) groups excluding carboxylic acids is 2. The standard InChI is InChI=1S/C22H27N3O2/c1-17-7-9-18(10-8-17)15-24(19-11-12-19)16-22(27)25(14-13-21(23)26)20-5-3-2-4-6-20/h2-10,19H,11-16H2,1H3,(H2,23,26). The summed E-state index contributed by atoms with van der Waals surface area (Å²) >= 11 is 0. The maximum Gasteiger partial charge on any atom is 0.241 e. The highest BCUT2D eigenvalue weighted by Gasteiger charge is 2.31. The molecule has 5 nitrogen and oxygen atoms in total. The van der Waals surface area contributed by atoms with Crippen molar-refractivity contribution < 1.29 is 9.59 Å². The summed E-state index contributed by atoms with van der Waals surface area (Å²) in [6.07, 6.45) is 2.42. The Bertz CT molecular complexity index is 770. The highest BCUT2D eigenvalue weighted by Crippen LogP contribution is 2.28. The first kappa shape index (κ1) is 19.1. The molecule has 0 spiro atoms. The molecule has 0 aliphatic heterocycles. The van der Waals surface area contributed by atoms with E-state index in [2.05, 4.69) is 36.1 Å². The van der Waals surface area contributed by atoms with Crippen molar-refractivity contribution in [2.24, 2.45) is 5.73 Å². The molecule has 0 heterocycles. The molecule has 2 N–H and O–H groups in total. The molecule has 1 aliphatic rings. The molecule has 1 saturated carbocycles. The van der Waals surface area contributed by atoms with E-state index in [0.29, 0.717) is 19.1 Å². The van der Waals surface area contributed by atoms with Gasteiger partial charge in [-0.05, 0) is 37.5 Å². The Kier molecular flexibility index (Phi) is 6.24. The van der Waals surface area contributed by atoms with Gasteiger partial charge >= 0.3 is 0 Å². The van der Waals surface area contributed by atoms with Crippen molar-refractivity contribution >= 4 is 17.5 Å². The molecule has 27 heavy (non-hydrogen) atoms. The first-order valence-corrected chi connectivity index (χ1v) is 9.46. The number of primary amides is 1. The Morgan fingerprint density at radius 2 is 1.70 bits per heavy atom. The SMILES string of the molecule is Cc1ccc(CN(CC(=O)N(CCC(N)=O)c2ccccc2)C2CC2)cc1. The van der Waals surface area contributed by atoms with E-state index in [9.17, 15) is 9.59 Å². The van der Waals surface area contributed by atoms with Gasteiger partial charge < -0.3 is 10.6 Å². The Balaban J connectivity index is 1.71. The number of anilines is 1. The van der Waals surface area contributed by atoms with Gasteiger partial charge in [0.1, 0.15) is 0 Å². The highest BCUT2D eigenvalue weighted by molar-refractivity contribution is 5.95. The molecule has 1 fully saturated rings. The summed E-state index contributed by atoms with van der Waals surface area (Å²) in [6.45, 7) is 3.48. The van der Waals surface area contributed by atoms with Crippen molar-refractivity contribution in [3.05, 3.63) is 65.7 Å². The van der Waals surface area contributed by atoms with Gasteiger partial charge in [-0.3, -0.25) is 14.5 Å². The minimum absolute atomic E-state index is 0.00135. The Labute approximate surface area is 160 Å². The maximum absolute atomic E-state index is 13.1. The van der Waals surface area contributed by atoms with Gasteiger partial charge in [0.05, 0.1) is 6.54 Å². The van der Waals surface area contributed by atoms with Crippen LogP contribution in [-0.4, -0.2) is 35.8 Å². The fraction of sp³-hybridized carbons (Fsp3) is 0.364. The van der Waals surface area contributed by atoms with Crippen LogP contribution in [0.25, 0.3) is 0 Å². The van der Waals surface area contributed by atoms with Crippen molar-refractivity contribution in [2.45, 2.75) is 38.8 Å². The summed E-state index contributed by atoms with van der Waals surface area (Å²) in [5.41, 5.74) is 8.55. The predicted octanol–water partition coefficient (Wildman–Crippen LogP) is 2.87. The summed E-state index contributed by atoms with van der Waals surface area (Å²) in [7, 11) is 0. The van der Waals surface area contributed by atoms with E-state index in [-0.39, 0.29) is 12.3 Å². The normalized spacial score (nSPS) is 13.6. The van der Waals surface area contributed by atoms with Crippen LogP contribution in [0.4, 0.5) is 5.69 Å². The number of hydrogen-bond donors (Lipinski definition) is 1. The van der Waals surface area contributed by atoms with Crippen LogP contribution in [0, 0.1) is 6.92 Å². The zero-order valence-electron chi connectivity index (χ0n) is 15.8. The minimum atomic E-state index is -0.401. The molecule has 2 aromatic rings. The van der Waals surface area contributed by atoms with Gasteiger partial charge in [0.15, 0.2) is 0 Å². The second-order valence-electron chi connectivity index (χ2n) is 7.22. The van der Waals surface area contributed by atoms with Crippen molar-refractivity contribution in [1.82, 2.24) is 4.90 Å². The third-order valence-corrected chi connectivity index (χ3v) is 4.86. The van der Waals surface area contributed by atoms with Crippen LogP contribution in [0.2, 0.25) is 0 Å². The van der Waals surface area contributed by atoms with Crippen molar-refractivity contribution in [2.75, 3.05) is 18.0 Å². The van der Waals surface area contributed by atoms with Crippen LogP contribution in [0.15, 0.2) is 54.6 Å². The molecule has 0 aromatic heterocycles. The average molecular weight is 365 g/mol. The summed E-state index contributed by atoms with van der Waals surface area (Å²) in [5.74, 6) is -0.399. The molecule has 0 radical (unpaired) electrons. The van der Waals surface area contributed by atoms with Crippen LogP contribution in [0.1, 0.15) is 30.4 Å². The Hall–Kier alpha value is -2.66. The van der Waals surface area contributed by atoms with Crippen LogP contribution in [0.3, 0.4) is 0 Å². The first-order valence-electron chi connectivity index (χ1n) is 9.46. The van der Waals surface area contributed by atoms with E-state index in [1.165, 1.54) is 11.1 Å². The monoisotopic (exact) mass is 365 g/mol. The van der Waals surface area contributed by atoms with Gasteiger partial charge in [-0.15, -0.1) is 0 Å². The number of aryl methyl sites for hydroxylation is 1. The smallest absolute Gasteiger partial charge is 0.241 e. The van der Waals surface area contributed by atoms with Gasteiger partial charge in [-0.2, -0.15) is 0 Å². The van der Waals surface area contributed by atoms with E-state index >= 15 is 0 Å². The van der Waals surface area contributed by atoms with Crippen LogP contribution in [0.5, 0.6) is 0 Å². The second kappa shape index (κ2) is 8.82. The largest absolute Gasteiger partial charge is 0.370 e. The van der Waals surface area contributed by atoms with E-state index in [1.807, 2.05) is 30.3 Å². The zero-order chi connectivity index (χ0) is 19.2. The van der Waals surface area contributed by atoms with Gasteiger partial charge in [0, 0.05) is 31.2 Å². The summed E-state index contributed by atoms with van der Waals surface area (Å²) < 4.78 is 0. The van der Waals surface area contributed by atoms with E-state index in [4.69, 9.17) is 5.73 Å². The van der Waals surface area contributed by atoms with E-state index in [0.717, 1.165) is 25.1 Å². The van der Waals surface area contributed by atoms with Crippen LogP contribution < -0.4 is 10.6 Å². The lowest BCUT2D eigenvalue weighted by Crippen LogP contribution is -2.42. The number of rotatable bonds is 9. The number of nitrogens with zero attached hydrogens (tertiary/aromatic N) is 2. The maximum atomic E-state index is 13.1. The summed E-state index contributed by atoms with van der Waals surface area (Å²) in [6, 6.07) is 18.4. The number of amides is 2. The zero-order valence-corrected chi connectivity index (χ0v) is 15.8. The second-order valence-corrected chi connectivity index (χ2v) is 7.22. The topological polar surface area (TPSA) is 66.6 Å². The van der Waals surface area contributed by atoms with E-state index < -0.39 is 5.91 Å². The number of hydrogen-bond acceptors (Lipinski definition) is 3. The fourth-order valence-corrected chi connectivity index (χ4v) is 3.17. The molecule has 5 heteroatoms. The lowest BCUT2D eigenvalue weighted by Gasteiger charge is -2.27. The van der Waals surface area contributed by atoms with Gasteiger partial charge in [0.2, 0.25) is 11.8 Å².